The van der Waals surface area contributed by atoms with Crippen molar-refractivity contribution >= 4 is 0 Å². The van der Waals surface area contributed by atoms with Gasteiger partial charge in [-0.05, 0) is 0 Å². The number of halogens is 20. The molecule has 1 aliphatic rings. The van der Waals surface area contributed by atoms with Gasteiger partial charge in [-0.25, -0.2) is 13.2 Å². The minimum Gasteiger partial charge on any atom is -0.373 e. The maximum absolute atomic E-state index is 13.5. The minimum atomic E-state index is -8.96. The number of hydrogen-bond donors (Lipinski definition) is 0. The predicted molar refractivity (Wildman–Crippen MR) is 64.9 cm³/mol. The molecule has 2 atom stereocenters. The lowest BCUT2D eigenvalue weighted by Crippen LogP contribution is -2.75. The number of rotatable bonds is 10. The first-order valence-electron chi connectivity index (χ1n) is 7.83. The molecule has 1 rings (SSSR count). The normalized spacial score (nSPS) is 21.0. The fourth-order valence-electron chi connectivity index (χ4n) is 2.19. The first-order valence-corrected chi connectivity index (χ1v) is 7.83. The summed E-state index contributed by atoms with van der Waals surface area (Å²) in [5.41, 5.74) is 0. The Morgan fingerprint density at radius 3 is 1.12 bits per heavy atom. The smallest absolute Gasteiger partial charge is 0.373 e. The van der Waals surface area contributed by atoms with Gasteiger partial charge in [-0.15, -0.1) is 0 Å². The molecule has 1 fully saturated rings. The van der Waals surface area contributed by atoms with E-state index in [-0.39, 0.29) is 0 Å². The monoisotopic (exact) mass is 558 g/mol. The predicted octanol–water partition coefficient (Wildman–Crippen LogP) is 6.76. The summed E-state index contributed by atoms with van der Waals surface area (Å²) in [7, 11) is 0. The third-order valence-electron chi connectivity index (χ3n) is 4.34. The molecule has 0 aromatic carbocycles. The van der Waals surface area contributed by atoms with Crippen molar-refractivity contribution in [1.29, 1.82) is 0 Å². The van der Waals surface area contributed by atoms with Crippen LogP contribution in [0.3, 0.4) is 0 Å². The highest BCUT2D eigenvalue weighted by atomic mass is 19.4. The molecule has 0 aromatic heterocycles. The van der Waals surface area contributed by atoms with Gasteiger partial charge in [0.05, 0.1) is 12.7 Å². The molecular formula is C13H6F20O. The zero-order valence-corrected chi connectivity index (χ0v) is 15.0. The lowest BCUT2D eigenvalue weighted by atomic mass is 9.86. The van der Waals surface area contributed by atoms with E-state index in [1.54, 1.807) is 0 Å². The van der Waals surface area contributed by atoms with E-state index in [9.17, 15) is 87.8 Å². The van der Waals surface area contributed by atoms with Crippen LogP contribution in [-0.2, 0) is 4.74 Å². The first kappa shape index (κ1) is 30.6. The van der Waals surface area contributed by atoms with Crippen LogP contribution < -0.4 is 0 Å². The Labute approximate surface area is 173 Å². The van der Waals surface area contributed by atoms with Crippen LogP contribution in [0.15, 0.2) is 0 Å². The molecule has 1 aliphatic heterocycles. The molecule has 0 bridgehead atoms. The van der Waals surface area contributed by atoms with Crippen molar-refractivity contribution < 1.29 is 92.5 Å². The SMILES string of the molecule is FC(C(F)(F)CC1CO1)C(F)(F)C(F)(F)C(F)(F)C(F)(F)C(F)(F)C(F)(F)C(F)(F)C(F)(F)F. The van der Waals surface area contributed by atoms with Crippen LogP contribution in [0.1, 0.15) is 6.42 Å². The number of ether oxygens (including phenoxy) is 1. The van der Waals surface area contributed by atoms with Gasteiger partial charge >= 0.3 is 47.6 Å². The maximum atomic E-state index is 13.5. The van der Waals surface area contributed by atoms with Crippen molar-refractivity contribution in [3.63, 3.8) is 0 Å². The number of hydrogen-bond acceptors (Lipinski definition) is 1. The van der Waals surface area contributed by atoms with E-state index >= 15 is 0 Å². The topological polar surface area (TPSA) is 12.5 Å². The van der Waals surface area contributed by atoms with Crippen molar-refractivity contribution in [3.8, 4) is 0 Å². The molecule has 1 saturated heterocycles. The second-order valence-corrected chi connectivity index (χ2v) is 6.85. The highest BCUT2D eigenvalue weighted by Crippen LogP contribution is 2.64. The molecule has 0 saturated carbocycles. The van der Waals surface area contributed by atoms with Crippen LogP contribution in [0, 0.1) is 0 Å². The maximum Gasteiger partial charge on any atom is 0.460 e. The number of alkyl halides is 20. The highest BCUT2D eigenvalue weighted by molar-refractivity contribution is 5.16. The lowest BCUT2D eigenvalue weighted by Gasteiger charge is -2.43. The van der Waals surface area contributed by atoms with Crippen LogP contribution in [0.5, 0.6) is 0 Å². The van der Waals surface area contributed by atoms with E-state index in [2.05, 4.69) is 4.74 Å². The van der Waals surface area contributed by atoms with Gasteiger partial charge in [0, 0.05) is 6.42 Å². The van der Waals surface area contributed by atoms with Gasteiger partial charge in [0.1, 0.15) is 0 Å². The van der Waals surface area contributed by atoms with Crippen LogP contribution in [-0.4, -0.2) is 72.4 Å². The summed E-state index contributed by atoms with van der Waals surface area (Å²) < 4.78 is 265. The van der Waals surface area contributed by atoms with E-state index in [1.807, 2.05) is 0 Å². The van der Waals surface area contributed by atoms with Crippen molar-refractivity contribution in [2.45, 2.75) is 72.3 Å². The Kier molecular flexibility index (Phi) is 7.00. The Hall–Kier alpha value is -1.44. The molecule has 1 heterocycles. The van der Waals surface area contributed by atoms with E-state index < -0.39 is 78.9 Å². The summed E-state index contributed by atoms with van der Waals surface area (Å²) in [5.74, 6) is -66.0. The molecule has 1 nitrogen and oxygen atoms in total. The van der Waals surface area contributed by atoms with E-state index in [1.165, 1.54) is 0 Å². The Morgan fingerprint density at radius 1 is 0.529 bits per heavy atom. The summed E-state index contributed by atoms with van der Waals surface area (Å²) in [6.45, 7) is -0.743. The van der Waals surface area contributed by atoms with Crippen LogP contribution in [0.25, 0.3) is 0 Å². The molecule has 204 valence electrons. The van der Waals surface area contributed by atoms with Crippen LogP contribution in [0.4, 0.5) is 87.8 Å². The van der Waals surface area contributed by atoms with Gasteiger partial charge in [-0.2, -0.15) is 74.6 Å². The van der Waals surface area contributed by atoms with E-state index in [4.69, 9.17) is 0 Å². The molecule has 34 heavy (non-hydrogen) atoms. The van der Waals surface area contributed by atoms with Gasteiger partial charge < -0.3 is 4.74 Å². The average molecular weight is 558 g/mol. The molecule has 2 unspecified atom stereocenters. The Morgan fingerprint density at radius 2 is 0.824 bits per heavy atom. The molecular weight excluding hydrogens is 552 g/mol. The fraction of sp³-hybridized carbons (Fsp3) is 1.00. The van der Waals surface area contributed by atoms with Gasteiger partial charge in [-0.3, -0.25) is 0 Å². The van der Waals surface area contributed by atoms with E-state index in [0.717, 1.165) is 0 Å². The van der Waals surface area contributed by atoms with Gasteiger partial charge in [0.2, 0.25) is 6.17 Å². The minimum absolute atomic E-state index is 0.743. The largest absolute Gasteiger partial charge is 0.460 e. The highest BCUT2D eigenvalue weighted by Gasteiger charge is 2.96. The molecule has 21 heteroatoms. The zero-order valence-electron chi connectivity index (χ0n) is 15.0. The van der Waals surface area contributed by atoms with Gasteiger partial charge in [-0.1, -0.05) is 0 Å². The molecule has 0 spiro atoms. The Balaban J connectivity index is 3.59. The third kappa shape index (κ3) is 4.01. The fourth-order valence-corrected chi connectivity index (χ4v) is 2.19. The molecule has 0 aliphatic carbocycles. The van der Waals surface area contributed by atoms with Crippen LogP contribution in [0.2, 0.25) is 0 Å². The van der Waals surface area contributed by atoms with Crippen molar-refractivity contribution in [2.75, 3.05) is 6.61 Å². The summed E-state index contributed by atoms with van der Waals surface area (Å²) in [6, 6.07) is 0. The summed E-state index contributed by atoms with van der Waals surface area (Å²) in [5, 5.41) is 0. The third-order valence-corrected chi connectivity index (χ3v) is 4.34. The first-order chi connectivity index (χ1) is 14.5. The standard InChI is InChI=1S/C13H6F20O/c14-4(5(15,16)1-3-2-34-3)6(17,18)7(19,20)8(21,22)9(23,24)10(25,26)11(27,28)12(29,30)13(31,32)33/h3-4H,1-2H2. The van der Waals surface area contributed by atoms with Crippen LogP contribution >= 0.6 is 0 Å². The summed E-state index contributed by atoms with van der Waals surface area (Å²) in [6.07, 6.45) is -18.0. The number of epoxide rings is 1. The van der Waals surface area contributed by atoms with Gasteiger partial charge in [0.15, 0.2) is 0 Å². The van der Waals surface area contributed by atoms with Crippen molar-refractivity contribution in [1.82, 2.24) is 0 Å². The molecule has 0 aromatic rings. The quantitative estimate of drug-likeness (QED) is 0.214. The lowest BCUT2D eigenvalue weighted by molar-refractivity contribution is -0.465. The second-order valence-electron chi connectivity index (χ2n) is 6.85. The molecule has 0 radical (unpaired) electrons. The van der Waals surface area contributed by atoms with Crippen molar-refractivity contribution in [3.05, 3.63) is 0 Å². The Bertz CT molecular complexity index is 746. The van der Waals surface area contributed by atoms with E-state index in [0.29, 0.717) is 0 Å². The average Bonchev–Trinajstić information content (AvgIpc) is 3.42. The summed E-state index contributed by atoms with van der Waals surface area (Å²) in [4.78, 5) is 0. The van der Waals surface area contributed by atoms with Crippen molar-refractivity contribution in [2.24, 2.45) is 0 Å². The van der Waals surface area contributed by atoms with Gasteiger partial charge in [0.25, 0.3) is 5.92 Å². The molecule has 0 N–H and O–H groups in total. The molecule has 0 amide bonds. The second kappa shape index (κ2) is 7.78. The zero-order chi connectivity index (χ0) is 27.8. The summed E-state index contributed by atoms with van der Waals surface area (Å²) >= 11 is 0.